The number of rotatable bonds is 4. The van der Waals surface area contributed by atoms with Crippen LogP contribution in [0.5, 0.6) is 0 Å². The van der Waals surface area contributed by atoms with Gasteiger partial charge in [0.1, 0.15) is 0 Å². The summed E-state index contributed by atoms with van der Waals surface area (Å²) in [4.78, 5) is 27.6. The third-order valence-corrected chi connectivity index (χ3v) is 5.09. The van der Waals surface area contributed by atoms with Gasteiger partial charge in [0.25, 0.3) is 0 Å². The first-order valence-corrected chi connectivity index (χ1v) is 8.72. The zero-order chi connectivity index (χ0) is 18.3. The number of hydrogen-bond acceptors (Lipinski definition) is 2. The number of benzene rings is 2. The van der Waals surface area contributed by atoms with E-state index >= 15 is 0 Å². The molecule has 5 nitrogen and oxygen atoms in total. The average molecular weight is 347 g/mol. The van der Waals surface area contributed by atoms with Crippen molar-refractivity contribution in [1.82, 2.24) is 10.3 Å². The predicted octanol–water partition coefficient (Wildman–Crippen LogP) is 3.26. The quantitative estimate of drug-likeness (QED) is 0.678. The Morgan fingerprint density at radius 3 is 2.81 bits per heavy atom. The lowest BCUT2D eigenvalue weighted by molar-refractivity contribution is -0.121. The summed E-state index contributed by atoms with van der Waals surface area (Å²) in [6.45, 7) is 4.26. The normalized spacial score (nSPS) is 14.9. The molecule has 0 fully saturated rings. The molecule has 5 heteroatoms. The van der Waals surface area contributed by atoms with Crippen molar-refractivity contribution in [2.75, 3.05) is 5.32 Å². The predicted molar refractivity (Wildman–Crippen MR) is 102 cm³/mol. The summed E-state index contributed by atoms with van der Waals surface area (Å²) in [6.07, 6.45) is 2.22. The van der Waals surface area contributed by atoms with Crippen LogP contribution in [0, 0.1) is 0 Å². The van der Waals surface area contributed by atoms with E-state index in [2.05, 4.69) is 15.6 Å². The summed E-state index contributed by atoms with van der Waals surface area (Å²) in [7, 11) is 0. The van der Waals surface area contributed by atoms with E-state index in [1.165, 1.54) is 0 Å². The number of fused-ring (bicyclic) bond motifs is 2. The molecule has 2 heterocycles. The van der Waals surface area contributed by atoms with Crippen LogP contribution in [0.2, 0.25) is 0 Å². The highest BCUT2D eigenvalue weighted by Gasteiger charge is 2.38. The molecule has 1 aliphatic heterocycles. The standard InChI is InChI=1S/C21H21N3O2/c1-21(2)16-9-13(7-8-18(16)24-20(21)26)11-23-19(25)10-14-12-22-17-6-4-3-5-15(14)17/h3-9,12,22H,10-11H2,1-2H3,(H,23,25)(H,24,26). The van der Waals surface area contributed by atoms with Crippen LogP contribution in [0.15, 0.2) is 48.7 Å². The lowest BCUT2D eigenvalue weighted by Gasteiger charge is -2.16. The fraction of sp³-hybridized carbons (Fsp3) is 0.238. The minimum absolute atomic E-state index is 0.00743. The highest BCUT2D eigenvalue weighted by Crippen LogP contribution is 2.37. The van der Waals surface area contributed by atoms with Crippen LogP contribution in [0.1, 0.15) is 30.5 Å². The maximum atomic E-state index is 12.3. The molecular weight excluding hydrogens is 326 g/mol. The Morgan fingerprint density at radius 2 is 1.96 bits per heavy atom. The number of anilines is 1. The molecule has 4 rings (SSSR count). The summed E-state index contributed by atoms with van der Waals surface area (Å²) in [6, 6.07) is 13.8. The number of H-pyrrole nitrogens is 1. The van der Waals surface area contributed by atoms with Crippen LogP contribution in [0.4, 0.5) is 5.69 Å². The molecule has 0 aliphatic carbocycles. The summed E-state index contributed by atoms with van der Waals surface area (Å²) in [5.41, 5.74) is 4.30. The summed E-state index contributed by atoms with van der Waals surface area (Å²) in [5.74, 6) is -0.0169. The Hall–Kier alpha value is -3.08. The van der Waals surface area contributed by atoms with E-state index in [1.807, 2.05) is 62.5 Å². The number of para-hydroxylation sites is 1. The van der Waals surface area contributed by atoms with E-state index in [9.17, 15) is 9.59 Å². The van der Waals surface area contributed by atoms with Gasteiger partial charge in [-0.2, -0.15) is 0 Å². The Labute approximate surface area is 151 Å². The van der Waals surface area contributed by atoms with Gasteiger partial charge in [0.05, 0.1) is 11.8 Å². The van der Waals surface area contributed by atoms with Crippen molar-refractivity contribution in [2.24, 2.45) is 0 Å². The van der Waals surface area contributed by atoms with E-state index in [4.69, 9.17) is 0 Å². The van der Waals surface area contributed by atoms with E-state index < -0.39 is 5.41 Å². The van der Waals surface area contributed by atoms with Gasteiger partial charge in [0.2, 0.25) is 11.8 Å². The van der Waals surface area contributed by atoms with Crippen molar-refractivity contribution in [3.8, 4) is 0 Å². The minimum atomic E-state index is -0.542. The molecule has 26 heavy (non-hydrogen) atoms. The van der Waals surface area contributed by atoms with Gasteiger partial charge in [0.15, 0.2) is 0 Å². The molecule has 1 aromatic heterocycles. The Kier molecular flexibility index (Phi) is 3.80. The molecule has 0 atom stereocenters. The molecule has 3 aromatic rings. The first kappa shape index (κ1) is 16.4. The maximum absolute atomic E-state index is 12.3. The SMILES string of the molecule is CC1(C)C(=O)Nc2ccc(CNC(=O)Cc3c[nH]c4ccccc34)cc21. The summed E-state index contributed by atoms with van der Waals surface area (Å²) < 4.78 is 0. The second kappa shape index (κ2) is 6.02. The number of hydrogen-bond donors (Lipinski definition) is 3. The average Bonchev–Trinajstić information content (AvgIpc) is 3.13. The highest BCUT2D eigenvalue weighted by molar-refractivity contribution is 6.05. The Morgan fingerprint density at radius 1 is 1.15 bits per heavy atom. The Balaban J connectivity index is 1.44. The van der Waals surface area contributed by atoms with Gasteiger partial charge in [-0.25, -0.2) is 0 Å². The van der Waals surface area contributed by atoms with Crippen molar-refractivity contribution in [1.29, 1.82) is 0 Å². The van der Waals surface area contributed by atoms with E-state index in [0.29, 0.717) is 13.0 Å². The van der Waals surface area contributed by atoms with Crippen LogP contribution >= 0.6 is 0 Å². The lowest BCUT2D eigenvalue weighted by Crippen LogP contribution is -2.27. The summed E-state index contributed by atoms with van der Waals surface area (Å²) in [5, 5.41) is 6.95. The van der Waals surface area contributed by atoms with Gasteiger partial charge in [-0.15, -0.1) is 0 Å². The van der Waals surface area contributed by atoms with Gasteiger partial charge in [-0.1, -0.05) is 30.3 Å². The minimum Gasteiger partial charge on any atom is -0.361 e. The van der Waals surface area contributed by atoms with Gasteiger partial charge in [-0.05, 0) is 42.7 Å². The molecular formula is C21H21N3O2. The van der Waals surface area contributed by atoms with Crippen molar-refractivity contribution in [3.05, 3.63) is 65.4 Å². The number of amides is 2. The monoisotopic (exact) mass is 347 g/mol. The molecule has 132 valence electrons. The van der Waals surface area contributed by atoms with Crippen molar-refractivity contribution in [3.63, 3.8) is 0 Å². The molecule has 2 aromatic carbocycles. The highest BCUT2D eigenvalue weighted by atomic mass is 16.2. The molecule has 1 aliphatic rings. The third kappa shape index (κ3) is 2.75. The van der Waals surface area contributed by atoms with Crippen molar-refractivity contribution < 1.29 is 9.59 Å². The second-order valence-corrected chi connectivity index (χ2v) is 7.27. The topological polar surface area (TPSA) is 74.0 Å². The number of aromatic nitrogens is 1. The first-order valence-electron chi connectivity index (χ1n) is 8.72. The number of carbonyl (C=O) groups is 2. The van der Waals surface area contributed by atoms with E-state index in [1.54, 1.807) is 0 Å². The largest absolute Gasteiger partial charge is 0.361 e. The zero-order valence-corrected chi connectivity index (χ0v) is 14.8. The molecule has 0 bridgehead atoms. The van der Waals surface area contributed by atoms with E-state index in [-0.39, 0.29) is 11.8 Å². The van der Waals surface area contributed by atoms with Crippen molar-refractivity contribution in [2.45, 2.75) is 32.2 Å². The molecule has 3 N–H and O–H groups in total. The van der Waals surface area contributed by atoms with Crippen LogP contribution in [-0.2, 0) is 28.0 Å². The van der Waals surface area contributed by atoms with Gasteiger partial charge in [0, 0.05) is 29.3 Å². The third-order valence-electron chi connectivity index (χ3n) is 5.09. The molecule has 0 unspecified atom stereocenters. The van der Waals surface area contributed by atoms with Gasteiger partial charge in [-0.3, -0.25) is 9.59 Å². The van der Waals surface area contributed by atoms with Gasteiger partial charge < -0.3 is 15.6 Å². The number of nitrogens with one attached hydrogen (secondary N) is 3. The Bertz CT molecular complexity index is 1020. The summed E-state index contributed by atoms with van der Waals surface area (Å²) >= 11 is 0. The molecule has 0 spiro atoms. The van der Waals surface area contributed by atoms with Gasteiger partial charge >= 0.3 is 0 Å². The number of aromatic amines is 1. The maximum Gasteiger partial charge on any atom is 0.234 e. The molecule has 0 radical (unpaired) electrons. The van der Waals surface area contributed by atoms with Crippen LogP contribution in [-0.4, -0.2) is 16.8 Å². The smallest absolute Gasteiger partial charge is 0.234 e. The molecule has 0 saturated heterocycles. The van der Waals surface area contributed by atoms with Crippen LogP contribution < -0.4 is 10.6 Å². The molecule has 2 amide bonds. The zero-order valence-electron chi connectivity index (χ0n) is 14.8. The van der Waals surface area contributed by atoms with E-state index in [0.717, 1.165) is 33.3 Å². The number of carbonyl (C=O) groups excluding carboxylic acids is 2. The molecule has 0 saturated carbocycles. The van der Waals surface area contributed by atoms with Crippen LogP contribution in [0.3, 0.4) is 0 Å². The fourth-order valence-corrected chi connectivity index (χ4v) is 3.44. The first-order chi connectivity index (χ1) is 12.4. The van der Waals surface area contributed by atoms with Crippen molar-refractivity contribution >= 4 is 28.4 Å². The fourth-order valence-electron chi connectivity index (χ4n) is 3.44. The lowest BCUT2D eigenvalue weighted by atomic mass is 9.85. The van der Waals surface area contributed by atoms with Crippen LogP contribution in [0.25, 0.3) is 10.9 Å². The second-order valence-electron chi connectivity index (χ2n) is 7.27.